The van der Waals surface area contributed by atoms with Gasteiger partial charge in [-0.05, 0) is 37.5 Å². The van der Waals surface area contributed by atoms with Crippen LogP contribution in [-0.2, 0) is 6.42 Å². The van der Waals surface area contributed by atoms with Gasteiger partial charge >= 0.3 is 0 Å². The summed E-state index contributed by atoms with van der Waals surface area (Å²) in [6, 6.07) is 2.74. The van der Waals surface area contributed by atoms with E-state index in [0.29, 0.717) is 12.0 Å². The second-order valence-electron chi connectivity index (χ2n) is 3.00. The van der Waals surface area contributed by atoms with Crippen molar-refractivity contribution in [2.24, 2.45) is 0 Å². The van der Waals surface area contributed by atoms with Gasteiger partial charge in [0.05, 0.1) is 0 Å². The molecule has 1 rings (SSSR count). The first kappa shape index (κ1) is 10.6. The summed E-state index contributed by atoms with van der Waals surface area (Å²) in [7, 11) is 0. The minimum Gasteiger partial charge on any atom is -0.207 e. The molecule has 0 spiro atoms. The van der Waals surface area contributed by atoms with Crippen LogP contribution in [0.3, 0.4) is 0 Å². The fourth-order valence-corrected chi connectivity index (χ4v) is 1.49. The van der Waals surface area contributed by atoms with Crippen LogP contribution in [-0.4, -0.2) is 5.33 Å². The molecule has 0 atom stereocenters. The Labute approximate surface area is 85.1 Å². The molecule has 0 saturated carbocycles. The lowest BCUT2D eigenvalue weighted by Gasteiger charge is -2.04. The molecule has 0 aliphatic rings. The van der Waals surface area contributed by atoms with E-state index in [1.54, 1.807) is 6.92 Å². The predicted molar refractivity (Wildman–Crippen MR) is 53.2 cm³/mol. The van der Waals surface area contributed by atoms with E-state index in [9.17, 15) is 8.78 Å². The van der Waals surface area contributed by atoms with E-state index < -0.39 is 11.6 Å². The van der Waals surface area contributed by atoms with Gasteiger partial charge in [0.15, 0.2) is 0 Å². The Morgan fingerprint density at radius 2 is 1.77 bits per heavy atom. The van der Waals surface area contributed by atoms with Gasteiger partial charge in [-0.15, -0.1) is 0 Å². The molecule has 0 saturated heterocycles. The van der Waals surface area contributed by atoms with E-state index in [1.165, 1.54) is 12.1 Å². The third-order valence-electron chi connectivity index (χ3n) is 1.85. The smallest absolute Gasteiger partial charge is 0.129 e. The molecule has 72 valence electrons. The van der Waals surface area contributed by atoms with Crippen LogP contribution in [0.15, 0.2) is 12.1 Å². The summed E-state index contributed by atoms with van der Waals surface area (Å²) in [5, 5.41) is 0.764. The number of hydrogen-bond acceptors (Lipinski definition) is 0. The van der Waals surface area contributed by atoms with Gasteiger partial charge in [0.1, 0.15) is 11.6 Å². The highest BCUT2D eigenvalue weighted by Crippen LogP contribution is 2.16. The van der Waals surface area contributed by atoms with E-state index in [-0.39, 0.29) is 5.56 Å². The van der Waals surface area contributed by atoms with Crippen LogP contribution in [0.4, 0.5) is 8.78 Å². The molecule has 0 amide bonds. The molecule has 1 aromatic carbocycles. The third-order valence-corrected chi connectivity index (χ3v) is 2.41. The van der Waals surface area contributed by atoms with Crippen LogP contribution in [0.2, 0.25) is 0 Å². The van der Waals surface area contributed by atoms with Crippen molar-refractivity contribution in [3.8, 4) is 0 Å². The first-order valence-corrected chi connectivity index (χ1v) is 5.27. The fourth-order valence-electron chi connectivity index (χ4n) is 1.21. The molecule has 0 aliphatic heterocycles. The van der Waals surface area contributed by atoms with Crippen LogP contribution in [0.25, 0.3) is 0 Å². The Balaban J connectivity index is 2.92. The monoisotopic (exact) mass is 248 g/mol. The van der Waals surface area contributed by atoms with Gasteiger partial charge in [-0.2, -0.15) is 0 Å². The summed E-state index contributed by atoms with van der Waals surface area (Å²) >= 11 is 3.23. The summed E-state index contributed by atoms with van der Waals surface area (Å²) in [6.45, 7) is 1.68. The molecule has 0 nitrogen and oxygen atoms in total. The molecule has 0 N–H and O–H groups in total. The Morgan fingerprint density at radius 1 is 1.23 bits per heavy atom. The number of aryl methyl sites for hydroxylation is 1. The first-order valence-electron chi connectivity index (χ1n) is 4.15. The van der Waals surface area contributed by atoms with Crippen molar-refractivity contribution < 1.29 is 8.78 Å². The van der Waals surface area contributed by atoms with Gasteiger partial charge < -0.3 is 0 Å². The van der Waals surface area contributed by atoms with Crippen LogP contribution in [0.5, 0.6) is 0 Å². The molecule has 13 heavy (non-hydrogen) atoms. The van der Waals surface area contributed by atoms with Gasteiger partial charge in [0, 0.05) is 10.9 Å². The number of hydrogen-bond donors (Lipinski definition) is 0. The van der Waals surface area contributed by atoms with Crippen molar-refractivity contribution in [1.82, 2.24) is 0 Å². The van der Waals surface area contributed by atoms with Crippen molar-refractivity contribution in [2.45, 2.75) is 19.8 Å². The zero-order valence-corrected chi connectivity index (χ0v) is 9.00. The largest absolute Gasteiger partial charge is 0.207 e. The van der Waals surface area contributed by atoms with E-state index in [4.69, 9.17) is 0 Å². The normalized spacial score (nSPS) is 10.5. The molecular weight excluding hydrogens is 238 g/mol. The minimum atomic E-state index is -0.432. The first-order chi connectivity index (χ1) is 6.15. The topological polar surface area (TPSA) is 0 Å². The van der Waals surface area contributed by atoms with Crippen molar-refractivity contribution >= 4 is 15.9 Å². The predicted octanol–water partition coefficient (Wildman–Crippen LogP) is 3.60. The lowest BCUT2D eigenvalue weighted by Crippen LogP contribution is -1.97. The van der Waals surface area contributed by atoms with Crippen molar-refractivity contribution in [2.75, 3.05) is 5.33 Å². The molecule has 0 aromatic heterocycles. The summed E-state index contributed by atoms with van der Waals surface area (Å²) in [5.41, 5.74) is 0.822. The van der Waals surface area contributed by atoms with Gasteiger partial charge in [-0.25, -0.2) is 8.78 Å². The number of alkyl halides is 1. The van der Waals surface area contributed by atoms with Crippen molar-refractivity contribution in [3.63, 3.8) is 0 Å². The Bertz CT molecular complexity index is 274. The molecule has 0 unspecified atom stereocenters. The van der Waals surface area contributed by atoms with Gasteiger partial charge in [-0.3, -0.25) is 0 Å². The van der Waals surface area contributed by atoms with Gasteiger partial charge in [0.2, 0.25) is 0 Å². The van der Waals surface area contributed by atoms with Gasteiger partial charge in [0.25, 0.3) is 0 Å². The standard InChI is InChI=1S/C10H11BrF2/c1-7-5-9(12)8(3-2-4-11)10(13)6-7/h5-6H,2-4H2,1H3. The molecule has 3 heteroatoms. The maximum Gasteiger partial charge on any atom is 0.129 e. The zero-order valence-electron chi connectivity index (χ0n) is 7.41. The van der Waals surface area contributed by atoms with E-state index in [0.717, 1.165) is 11.8 Å². The van der Waals surface area contributed by atoms with Crippen molar-refractivity contribution in [3.05, 3.63) is 34.9 Å². The Hall–Kier alpha value is -0.440. The average Bonchev–Trinajstić information content (AvgIpc) is 2.02. The van der Waals surface area contributed by atoms with E-state index >= 15 is 0 Å². The maximum atomic E-state index is 13.2. The molecule has 0 radical (unpaired) electrons. The molecule has 0 heterocycles. The third kappa shape index (κ3) is 2.76. The SMILES string of the molecule is Cc1cc(F)c(CCCBr)c(F)c1. The average molecular weight is 249 g/mol. The minimum absolute atomic E-state index is 0.199. The molecule has 1 aromatic rings. The van der Waals surface area contributed by atoms with Gasteiger partial charge in [-0.1, -0.05) is 15.9 Å². The highest BCUT2D eigenvalue weighted by molar-refractivity contribution is 9.09. The zero-order chi connectivity index (χ0) is 9.84. The summed E-state index contributed by atoms with van der Waals surface area (Å²) in [6.07, 6.45) is 1.19. The van der Waals surface area contributed by atoms with E-state index in [1.807, 2.05) is 0 Å². The molecule has 0 fully saturated rings. The van der Waals surface area contributed by atoms with Crippen LogP contribution >= 0.6 is 15.9 Å². The second kappa shape index (κ2) is 4.70. The molecular formula is C10H11BrF2. The lowest BCUT2D eigenvalue weighted by atomic mass is 10.1. The molecule has 0 bridgehead atoms. The number of benzene rings is 1. The summed E-state index contributed by atoms with van der Waals surface area (Å²) in [4.78, 5) is 0. The summed E-state index contributed by atoms with van der Waals surface area (Å²) in [5.74, 6) is -0.864. The number of rotatable bonds is 3. The lowest BCUT2D eigenvalue weighted by molar-refractivity contribution is 0.552. The second-order valence-corrected chi connectivity index (χ2v) is 3.79. The van der Waals surface area contributed by atoms with Crippen LogP contribution < -0.4 is 0 Å². The van der Waals surface area contributed by atoms with Crippen molar-refractivity contribution in [1.29, 1.82) is 0 Å². The van der Waals surface area contributed by atoms with Crippen LogP contribution in [0.1, 0.15) is 17.5 Å². The maximum absolute atomic E-state index is 13.2. The van der Waals surface area contributed by atoms with Crippen LogP contribution in [0, 0.1) is 18.6 Å². The Morgan fingerprint density at radius 3 is 2.23 bits per heavy atom. The number of halogens is 3. The fraction of sp³-hybridized carbons (Fsp3) is 0.400. The Kier molecular flexibility index (Phi) is 3.85. The highest BCUT2D eigenvalue weighted by Gasteiger charge is 2.08. The molecule has 0 aliphatic carbocycles. The highest BCUT2D eigenvalue weighted by atomic mass is 79.9. The quantitative estimate of drug-likeness (QED) is 0.718. The van der Waals surface area contributed by atoms with E-state index in [2.05, 4.69) is 15.9 Å². The summed E-state index contributed by atoms with van der Waals surface area (Å²) < 4.78 is 26.4.